The minimum atomic E-state index is -1.03. The topological polar surface area (TPSA) is 117 Å². The van der Waals surface area contributed by atoms with Gasteiger partial charge in [0.05, 0.1) is 11.6 Å². The van der Waals surface area contributed by atoms with Gasteiger partial charge in [0.1, 0.15) is 12.1 Å². The zero-order chi connectivity index (χ0) is 36.6. The molecule has 0 saturated heterocycles. The fourth-order valence-corrected chi connectivity index (χ4v) is 7.22. The van der Waals surface area contributed by atoms with Crippen LogP contribution < -0.4 is 16.0 Å². The molecule has 0 bridgehead atoms. The number of benzene rings is 6. The molecule has 0 unspecified atom stereocenters. The number of carbonyl (C=O) groups is 3. The number of ether oxygens (including phenoxy) is 1. The van der Waals surface area contributed by atoms with Crippen molar-refractivity contribution in [3.63, 3.8) is 0 Å². The van der Waals surface area contributed by atoms with Crippen molar-refractivity contribution in [3.05, 3.63) is 197 Å². The van der Waals surface area contributed by atoms with Crippen molar-refractivity contribution < 1.29 is 24.2 Å². The van der Waals surface area contributed by atoms with Crippen LogP contribution in [0.25, 0.3) is 11.1 Å². The molecule has 1 aliphatic carbocycles. The lowest BCUT2D eigenvalue weighted by Crippen LogP contribution is -2.50. The Bertz CT molecular complexity index is 2050. The Morgan fingerprint density at radius 3 is 1.58 bits per heavy atom. The number of hydrogen-bond donors (Lipinski definition) is 4. The number of aromatic carboxylic acids is 1. The van der Waals surface area contributed by atoms with Crippen LogP contribution in [0.3, 0.4) is 0 Å². The van der Waals surface area contributed by atoms with Gasteiger partial charge in [0.25, 0.3) is 0 Å². The molecule has 8 nitrogen and oxygen atoms in total. The average molecular weight is 702 g/mol. The Labute approximate surface area is 308 Å². The smallest absolute Gasteiger partial charge is 0.407 e. The summed E-state index contributed by atoms with van der Waals surface area (Å²) in [6.45, 7) is 0.293. The summed E-state index contributed by atoms with van der Waals surface area (Å²) in [6, 6.07) is 51.3. The second kappa shape index (κ2) is 15.7. The third-order valence-corrected chi connectivity index (χ3v) is 9.73. The van der Waals surface area contributed by atoms with E-state index in [9.17, 15) is 19.5 Å². The van der Waals surface area contributed by atoms with Crippen LogP contribution in [0.4, 0.5) is 10.5 Å². The molecule has 6 aromatic rings. The van der Waals surface area contributed by atoms with Gasteiger partial charge in [0.2, 0.25) is 5.91 Å². The predicted octanol–water partition coefficient (Wildman–Crippen LogP) is 8.20. The molecule has 264 valence electrons. The summed E-state index contributed by atoms with van der Waals surface area (Å²) in [7, 11) is 0. The van der Waals surface area contributed by atoms with Gasteiger partial charge in [-0.15, -0.1) is 0 Å². The summed E-state index contributed by atoms with van der Waals surface area (Å²) in [5.41, 5.74) is 6.85. The molecular formula is C45H39N3O5. The molecule has 0 heterocycles. The molecule has 0 spiro atoms. The summed E-state index contributed by atoms with van der Waals surface area (Å²) in [5.74, 6) is -1.45. The van der Waals surface area contributed by atoms with Crippen LogP contribution in [0.15, 0.2) is 164 Å². The second-order valence-electron chi connectivity index (χ2n) is 13.0. The number of nitrogens with one attached hydrogen (secondary N) is 3. The van der Waals surface area contributed by atoms with Crippen molar-refractivity contribution >= 4 is 23.7 Å². The maximum Gasteiger partial charge on any atom is 0.407 e. The fraction of sp³-hybridized carbons (Fsp3) is 0.133. The van der Waals surface area contributed by atoms with Crippen LogP contribution in [0.2, 0.25) is 0 Å². The minimum absolute atomic E-state index is 0.0847. The molecule has 0 aliphatic heterocycles. The lowest BCUT2D eigenvalue weighted by Gasteiger charge is -2.37. The first-order valence-electron chi connectivity index (χ1n) is 17.6. The van der Waals surface area contributed by atoms with Crippen LogP contribution in [-0.2, 0) is 15.1 Å². The highest BCUT2D eigenvalue weighted by Crippen LogP contribution is 2.44. The van der Waals surface area contributed by atoms with Crippen molar-refractivity contribution in [2.75, 3.05) is 18.5 Å². The third kappa shape index (κ3) is 7.53. The zero-order valence-corrected chi connectivity index (χ0v) is 28.9. The Kier molecular flexibility index (Phi) is 10.3. The molecular weight excluding hydrogens is 663 g/mol. The van der Waals surface area contributed by atoms with Gasteiger partial charge in [-0.3, -0.25) is 4.79 Å². The Balaban J connectivity index is 1.14. The van der Waals surface area contributed by atoms with Crippen LogP contribution in [0.5, 0.6) is 0 Å². The van der Waals surface area contributed by atoms with Gasteiger partial charge in [-0.05, 0) is 63.2 Å². The maximum atomic E-state index is 14.3. The van der Waals surface area contributed by atoms with Crippen molar-refractivity contribution in [1.29, 1.82) is 0 Å². The van der Waals surface area contributed by atoms with Crippen LogP contribution in [-0.4, -0.2) is 42.3 Å². The lowest BCUT2D eigenvalue weighted by atomic mass is 9.77. The summed E-state index contributed by atoms with van der Waals surface area (Å²) in [6.07, 6.45) is -0.730. The van der Waals surface area contributed by atoms with Crippen molar-refractivity contribution in [1.82, 2.24) is 10.6 Å². The molecule has 8 heteroatoms. The number of carboxylic acids is 1. The number of carboxylic acid groups (broad SMARTS) is 1. The van der Waals surface area contributed by atoms with E-state index in [1.807, 2.05) is 115 Å². The first kappa shape index (κ1) is 34.8. The summed E-state index contributed by atoms with van der Waals surface area (Å²) in [5, 5.41) is 18.9. The Morgan fingerprint density at radius 1 is 0.623 bits per heavy atom. The third-order valence-electron chi connectivity index (χ3n) is 9.73. The average Bonchev–Trinajstić information content (AvgIpc) is 3.52. The van der Waals surface area contributed by atoms with Gasteiger partial charge in [-0.25, -0.2) is 9.59 Å². The lowest BCUT2D eigenvalue weighted by molar-refractivity contribution is -0.122. The highest BCUT2D eigenvalue weighted by Gasteiger charge is 2.38. The molecule has 4 N–H and O–H groups in total. The monoisotopic (exact) mass is 701 g/mol. The Morgan fingerprint density at radius 2 is 1.09 bits per heavy atom. The van der Waals surface area contributed by atoms with Gasteiger partial charge in [-0.1, -0.05) is 140 Å². The van der Waals surface area contributed by atoms with Crippen molar-refractivity contribution in [2.24, 2.45) is 0 Å². The molecule has 0 fully saturated rings. The van der Waals surface area contributed by atoms with Gasteiger partial charge in [0, 0.05) is 24.6 Å². The quantitative estimate of drug-likeness (QED) is 0.0903. The molecule has 0 aromatic heterocycles. The van der Waals surface area contributed by atoms with Crippen LogP contribution >= 0.6 is 0 Å². The van der Waals surface area contributed by atoms with Crippen molar-refractivity contribution in [2.45, 2.75) is 23.9 Å². The number of anilines is 1. The highest BCUT2D eigenvalue weighted by atomic mass is 16.5. The van der Waals surface area contributed by atoms with E-state index < -0.39 is 23.6 Å². The fourth-order valence-electron chi connectivity index (χ4n) is 7.22. The van der Waals surface area contributed by atoms with E-state index in [1.165, 1.54) is 12.1 Å². The van der Waals surface area contributed by atoms with E-state index in [0.29, 0.717) is 5.69 Å². The van der Waals surface area contributed by atoms with E-state index in [1.54, 1.807) is 12.1 Å². The van der Waals surface area contributed by atoms with Gasteiger partial charge in [0.15, 0.2) is 0 Å². The molecule has 1 aliphatic rings. The molecule has 0 radical (unpaired) electrons. The normalized spacial score (nSPS) is 12.5. The summed E-state index contributed by atoms with van der Waals surface area (Å²) < 4.78 is 5.88. The first-order chi connectivity index (χ1) is 25.9. The number of amides is 2. The molecule has 0 saturated carbocycles. The molecule has 53 heavy (non-hydrogen) atoms. The molecule has 1 atom stereocenters. The van der Waals surface area contributed by atoms with E-state index in [2.05, 4.69) is 40.2 Å². The predicted molar refractivity (Wildman–Crippen MR) is 206 cm³/mol. The van der Waals surface area contributed by atoms with Gasteiger partial charge >= 0.3 is 12.1 Å². The summed E-state index contributed by atoms with van der Waals surface area (Å²) in [4.78, 5) is 39.3. The number of carbonyl (C=O) groups excluding carboxylic acids is 2. The molecule has 7 rings (SSSR count). The molecule has 2 amide bonds. The van der Waals surface area contributed by atoms with Gasteiger partial charge < -0.3 is 25.8 Å². The zero-order valence-electron chi connectivity index (χ0n) is 28.9. The minimum Gasteiger partial charge on any atom is -0.478 e. The van der Waals surface area contributed by atoms with E-state index >= 15 is 0 Å². The van der Waals surface area contributed by atoms with E-state index in [4.69, 9.17) is 4.74 Å². The standard InChI is InChI=1S/C45H39N3O5/c49-42(48-45(32-14-4-1-5-15-32,33-16-6-2-7-17-33)34-18-8-3-9-19-34)28-36(29-46-35-26-24-31(25-27-35)43(50)51)47-44(52)53-30-41-39-22-12-10-20-37(39)38-21-11-13-23-40(38)41/h1-27,36,41,46H,28-30H2,(H,47,52)(H,48,49)(H,50,51)/t36-/m0/s1. The Hall–Kier alpha value is -6.67. The van der Waals surface area contributed by atoms with Crippen LogP contribution in [0.1, 0.15) is 50.5 Å². The first-order valence-corrected chi connectivity index (χ1v) is 17.6. The number of alkyl carbamates (subject to hydrolysis) is 1. The number of hydrogen-bond acceptors (Lipinski definition) is 5. The number of rotatable bonds is 13. The van der Waals surface area contributed by atoms with Gasteiger partial charge in [-0.2, -0.15) is 0 Å². The largest absolute Gasteiger partial charge is 0.478 e. The second-order valence-corrected chi connectivity index (χ2v) is 13.0. The SMILES string of the molecule is O=C(C[C@@H](CNc1ccc(C(=O)O)cc1)NC(=O)OCC1c2ccccc2-c2ccccc21)NC(c1ccccc1)(c1ccccc1)c1ccccc1. The summed E-state index contributed by atoms with van der Waals surface area (Å²) >= 11 is 0. The maximum absolute atomic E-state index is 14.3. The highest BCUT2D eigenvalue weighted by molar-refractivity contribution is 5.88. The number of fused-ring (bicyclic) bond motifs is 3. The van der Waals surface area contributed by atoms with Crippen LogP contribution in [0, 0.1) is 0 Å². The van der Waals surface area contributed by atoms with E-state index in [-0.39, 0.29) is 37.0 Å². The van der Waals surface area contributed by atoms with E-state index in [0.717, 1.165) is 38.9 Å². The van der Waals surface area contributed by atoms with Crippen molar-refractivity contribution in [3.8, 4) is 11.1 Å². The molecule has 6 aromatic carbocycles.